The second-order valence-corrected chi connectivity index (χ2v) is 6.19. The first kappa shape index (κ1) is 14.2. The zero-order valence-corrected chi connectivity index (χ0v) is 12.3. The van der Waals surface area contributed by atoms with Crippen LogP contribution in [0.1, 0.15) is 23.8 Å². The van der Waals surface area contributed by atoms with E-state index in [1.54, 1.807) is 0 Å². The summed E-state index contributed by atoms with van der Waals surface area (Å²) in [5, 5.41) is 2.16. The molecule has 0 saturated heterocycles. The van der Waals surface area contributed by atoms with Gasteiger partial charge in [0, 0.05) is 15.6 Å². The van der Waals surface area contributed by atoms with E-state index < -0.39 is 18.0 Å². The van der Waals surface area contributed by atoms with Gasteiger partial charge in [-0.25, -0.2) is 0 Å². The number of thiophene rings is 1. The molecule has 0 spiro atoms. The van der Waals surface area contributed by atoms with Gasteiger partial charge in [0.1, 0.15) is 0 Å². The van der Waals surface area contributed by atoms with Crippen molar-refractivity contribution in [3.8, 4) is 0 Å². The summed E-state index contributed by atoms with van der Waals surface area (Å²) < 4.78 is 38.5. The number of halogens is 5. The lowest BCUT2D eigenvalue weighted by Gasteiger charge is -2.11. The van der Waals surface area contributed by atoms with Gasteiger partial charge in [-0.2, -0.15) is 13.2 Å². The maximum atomic E-state index is 12.2. The molecule has 2 rings (SSSR count). The average molecular weight is 358 g/mol. The summed E-state index contributed by atoms with van der Waals surface area (Å²) in [5.74, 6) is 0. The molecule has 1 unspecified atom stereocenters. The van der Waals surface area contributed by atoms with Crippen LogP contribution in [0.15, 0.2) is 28.1 Å². The molecule has 0 aliphatic rings. The quantitative estimate of drug-likeness (QED) is 0.567. The summed E-state index contributed by atoms with van der Waals surface area (Å²) in [6.07, 6.45) is -5.10. The number of fused-ring (bicyclic) bond motifs is 1. The van der Waals surface area contributed by atoms with Crippen LogP contribution in [0.25, 0.3) is 10.1 Å². The standard InChI is InChI=1S/C12H9BrClF3S/c13-9-3-1-2-7-8(6-18-11(7)9)10(14)4-5-12(15,16)17/h1-3,6,10H,4-5H2. The number of benzene rings is 1. The predicted octanol–water partition coefficient (Wildman–Crippen LogP) is 6.29. The van der Waals surface area contributed by atoms with Crippen LogP contribution in [0.5, 0.6) is 0 Å². The second kappa shape index (κ2) is 5.39. The average Bonchev–Trinajstić information content (AvgIpc) is 2.70. The van der Waals surface area contributed by atoms with Gasteiger partial charge in [-0.05, 0) is 44.7 Å². The van der Waals surface area contributed by atoms with Gasteiger partial charge in [-0.1, -0.05) is 12.1 Å². The molecule has 1 atom stereocenters. The molecule has 0 aliphatic carbocycles. The second-order valence-electron chi connectivity index (χ2n) is 3.93. The van der Waals surface area contributed by atoms with E-state index in [4.69, 9.17) is 11.6 Å². The molecule has 0 amide bonds. The van der Waals surface area contributed by atoms with Crippen LogP contribution < -0.4 is 0 Å². The van der Waals surface area contributed by atoms with E-state index >= 15 is 0 Å². The van der Waals surface area contributed by atoms with E-state index in [0.29, 0.717) is 0 Å². The van der Waals surface area contributed by atoms with Crippen molar-refractivity contribution < 1.29 is 13.2 Å². The highest BCUT2D eigenvalue weighted by molar-refractivity contribution is 9.10. The van der Waals surface area contributed by atoms with Crippen LogP contribution in [0, 0.1) is 0 Å². The Bertz CT molecular complexity index is 550. The Morgan fingerprint density at radius 2 is 2.06 bits per heavy atom. The molecule has 6 heteroatoms. The van der Waals surface area contributed by atoms with Crippen LogP contribution in [-0.4, -0.2) is 6.18 Å². The molecule has 0 fully saturated rings. The first-order valence-corrected chi connectivity index (χ1v) is 7.36. The molecule has 0 aliphatic heterocycles. The van der Waals surface area contributed by atoms with E-state index in [1.165, 1.54) is 11.3 Å². The summed E-state index contributed by atoms with van der Waals surface area (Å²) in [5.41, 5.74) is 0.780. The van der Waals surface area contributed by atoms with Crippen molar-refractivity contribution >= 4 is 49.0 Å². The summed E-state index contributed by atoms with van der Waals surface area (Å²) in [4.78, 5) is 0. The fourth-order valence-electron chi connectivity index (χ4n) is 1.73. The molecule has 98 valence electrons. The molecule has 1 aromatic heterocycles. The minimum Gasteiger partial charge on any atom is -0.171 e. The lowest BCUT2D eigenvalue weighted by molar-refractivity contribution is -0.135. The van der Waals surface area contributed by atoms with Gasteiger partial charge >= 0.3 is 6.18 Å². The maximum Gasteiger partial charge on any atom is 0.389 e. The van der Waals surface area contributed by atoms with Gasteiger partial charge in [-0.3, -0.25) is 0 Å². The molecule has 0 radical (unpaired) electrons. The highest BCUT2D eigenvalue weighted by Gasteiger charge is 2.28. The largest absolute Gasteiger partial charge is 0.389 e. The monoisotopic (exact) mass is 356 g/mol. The lowest BCUT2D eigenvalue weighted by Crippen LogP contribution is -2.08. The van der Waals surface area contributed by atoms with Crippen molar-refractivity contribution in [2.75, 3.05) is 0 Å². The third-order valence-electron chi connectivity index (χ3n) is 2.60. The summed E-state index contributed by atoms with van der Waals surface area (Å²) in [7, 11) is 0. The van der Waals surface area contributed by atoms with Crippen molar-refractivity contribution in [2.45, 2.75) is 24.4 Å². The Kier molecular flexibility index (Phi) is 4.24. The number of hydrogen-bond acceptors (Lipinski definition) is 1. The van der Waals surface area contributed by atoms with Gasteiger partial charge in [-0.15, -0.1) is 22.9 Å². The Morgan fingerprint density at radius 1 is 1.33 bits per heavy atom. The van der Waals surface area contributed by atoms with E-state index in [9.17, 15) is 13.2 Å². The van der Waals surface area contributed by atoms with Gasteiger partial charge in [0.2, 0.25) is 0 Å². The zero-order valence-electron chi connectivity index (χ0n) is 9.10. The summed E-state index contributed by atoms with van der Waals surface area (Å²) >= 11 is 11.0. The van der Waals surface area contributed by atoms with Crippen molar-refractivity contribution in [3.05, 3.63) is 33.6 Å². The first-order valence-electron chi connectivity index (χ1n) is 5.25. The molecular formula is C12H9BrClF3S. The van der Waals surface area contributed by atoms with E-state index in [-0.39, 0.29) is 6.42 Å². The first-order chi connectivity index (χ1) is 8.38. The van der Waals surface area contributed by atoms with Crippen LogP contribution in [0.4, 0.5) is 13.2 Å². The molecule has 0 N–H and O–H groups in total. The van der Waals surface area contributed by atoms with Crippen LogP contribution in [0.3, 0.4) is 0 Å². The van der Waals surface area contributed by atoms with Gasteiger partial charge in [0.05, 0.1) is 5.38 Å². The maximum absolute atomic E-state index is 12.2. The van der Waals surface area contributed by atoms with E-state index in [0.717, 1.165) is 20.1 Å². The summed E-state index contributed by atoms with van der Waals surface area (Å²) in [6, 6.07) is 5.65. The van der Waals surface area contributed by atoms with Crippen molar-refractivity contribution in [1.29, 1.82) is 0 Å². The lowest BCUT2D eigenvalue weighted by atomic mass is 10.1. The summed E-state index contributed by atoms with van der Waals surface area (Å²) in [6.45, 7) is 0. The highest BCUT2D eigenvalue weighted by atomic mass is 79.9. The molecule has 2 aromatic rings. The van der Waals surface area contributed by atoms with Crippen LogP contribution in [-0.2, 0) is 0 Å². The van der Waals surface area contributed by atoms with Crippen LogP contribution in [0.2, 0.25) is 0 Å². The number of alkyl halides is 4. The van der Waals surface area contributed by atoms with Gasteiger partial charge < -0.3 is 0 Å². The molecule has 18 heavy (non-hydrogen) atoms. The number of rotatable bonds is 3. The molecular weight excluding hydrogens is 349 g/mol. The third-order valence-corrected chi connectivity index (χ3v) is 5.02. The fourth-order valence-corrected chi connectivity index (χ4v) is 3.77. The smallest absolute Gasteiger partial charge is 0.171 e. The Balaban J connectivity index is 2.23. The Labute approximate surface area is 120 Å². The minimum atomic E-state index is -4.15. The number of hydrogen-bond donors (Lipinski definition) is 0. The third kappa shape index (κ3) is 3.19. The van der Waals surface area contributed by atoms with Gasteiger partial charge in [0.15, 0.2) is 0 Å². The Morgan fingerprint density at radius 3 is 2.72 bits per heavy atom. The SMILES string of the molecule is FC(F)(F)CCC(Cl)c1csc2c(Br)cccc12. The Hall–Kier alpha value is -0.260. The molecule has 0 saturated carbocycles. The van der Waals surface area contributed by atoms with Gasteiger partial charge in [0.25, 0.3) is 0 Å². The van der Waals surface area contributed by atoms with Crippen molar-refractivity contribution in [1.82, 2.24) is 0 Å². The molecule has 1 heterocycles. The van der Waals surface area contributed by atoms with E-state index in [2.05, 4.69) is 15.9 Å². The molecule has 1 aromatic carbocycles. The molecule has 0 bridgehead atoms. The van der Waals surface area contributed by atoms with Crippen LogP contribution >= 0.6 is 38.9 Å². The highest BCUT2D eigenvalue weighted by Crippen LogP contribution is 2.40. The normalized spacial score (nSPS) is 14.1. The van der Waals surface area contributed by atoms with Crippen molar-refractivity contribution in [2.24, 2.45) is 0 Å². The topological polar surface area (TPSA) is 0 Å². The molecule has 0 nitrogen and oxygen atoms in total. The predicted molar refractivity (Wildman–Crippen MR) is 73.4 cm³/mol. The fraction of sp³-hybridized carbons (Fsp3) is 0.333. The minimum absolute atomic E-state index is 0.0938. The van der Waals surface area contributed by atoms with Crippen molar-refractivity contribution in [3.63, 3.8) is 0 Å². The van der Waals surface area contributed by atoms with E-state index in [1.807, 2.05) is 23.6 Å². The zero-order chi connectivity index (χ0) is 13.3.